The van der Waals surface area contributed by atoms with Crippen LogP contribution in [0.4, 0.5) is 5.69 Å². The molecule has 6 rings (SSSR count). The highest BCUT2D eigenvalue weighted by molar-refractivity contribution is 6.26. The van der Waals surface area contributed by atoms with Crippen molar-refractivity contribution in [2.75, 3.05) is 0 Å². The lowest BCUT2D eigenvalue weighted by atomic mass is 9.87. The van der Waals surface area contributed by atoms with Gasteiger partial charge in [-0.1, -0.05) is 72.7 Å². The van der Waals surface area contributed by atoms with E-state index in [1.165, 1.54) is 6.07 Å². The number of aromatic nitrogens is 1. The van der Waals surface area contributed by atoms with E-state index < -0.39 is 10.9 Å². The van der Waals surface area contributed by atoms with E-state index in [9.17, 15) is 20.0 Å². The molecule has 5 aromatic carbocycles. The number of rotatable bonds is 3. The van der Waals surface area contributed by atoms with Gasteiger partial charge in [-0.3, -0.25) is 10.1 Å². The Labute approximate surface area is 192 Å². The van der Waals surface area contributed by atoms with Gasteiger partial charge in [0.2, 0.25) is 0 Å². The molecule has 1 heterocycles. The second-order valence-electron chi connectivity index (χ2n) is 8.06. The third-order valence-corrected chi connectivity index (χ3v) is 6.34. The number of carbonyl (C=O) groups is 1. The number of benzene rings is 5. The van der Waals surface area contributed by atoms with Crippen LogP contribution >= 0.6 is 0 Å². The maximum absolute atomic E-state index is 12.1. The van der Waals surface area contributed by atoms with E-state index in [1.54, 1.807) is 12.1 Å². The van der Waals surface area contributed by atoms with Crippen LogP contribution in [0.5, 0.6) is 0 Å². The number of nitro benzene ring substituents is 1. The number of para-hydroxylation sites is 1. The van der Waals surface area contributed by atoms with Gasteiger partial charge < -0.3 is 5.11 Å². The van der Waals surface area contributed by atoms with Crippen molar-refractivity contribution in [3.63, 3.8) is 0 Å². The molecule has 0 amide bonds. The number of nitro groups is 1. The first-order chi connectivity index (χ1) is 16.5. The van der Waals surface area contributed by atoms with Gasteiger partial charge >= 0.3 is 5.97 Å². The Bertz CT molecular complexity index is 1870. The summed E-state index contributed by atoms with van der Waals surface area (Å²) >= 11 is 0. The molecule has 0 fully saturated rings. The number of hydrogen-bond donors (Lipinski definition) is 1. The van der Waals surface area contributed by atoms with Gasteiger partial charge in [-0.15, -0.1) is 6.42 Å². The Morgan fingerprint density at radius 3 is 2.21 bits per heavy atom. The molecular formula is C28H14N2O4. The summed E-state index contributed by atoms with van der Waals surface area (Å²) in [5.74, 6) is 1.16. The van der Waals surface area contributed by atoms with Gasteiger partial charge in [0.25, 0.3) is 5.69 Å². The molecule has 0 saturated carbocycles. The van der Waals surface area contributed by atoms with E-state index >= 15 is 0 Å². The monoisotopic (exact) mass is 442 g/mol. The fourth-order valence-corrected chi connectivity index (χ4v) is 4.95. The van der Waals surface area contributed by atoms with Gasteiger partial charge in [0, 0.05) is 17.0 Å². The largest absolute Gasteiger partial charge is 0.476 e. The molecule has 1 N–H and O–H groups in total. The minimum atomic E-state index is -1.34. The van der Waals surface area contributed by atoms with Crippen LogP contribution in [0.1, 0.15) is 16.1 Å². The smallest absolute Gasteiger partial charge is 0.355 e. The number of fused-ring (bicyclic) bond motifs is 1. The number of pyridine rings is 1. The number of aromatic carboxylic acids is 1. The van der Waals surface area contributed by atoms with Gasteiger partial charge in [0.15, 0.2) is 5.69 Å². The quantitative estimate of drug-likeness (QED) is 0.148. The summed E-state index contributed by atoms with van der Waals surface area (Å²) in [6.45, 7) is 0. The normalized spacial score (nSPS) is 11.4. The zero-order valence-corrected chi connectivity index (χ0v) is 17.6. The minimum absolute atomic E-state index is 0.00963. The van der Waals surface area contributed by atoms with Crippen molar-refractivity contribution in [1.29, 1.82) is 0 Å². The van der Waals surface area contributed by atoms with Crippen molar-refractivity contribution >= 4 is 54.9 Å². The van der Waals surface area contributed by atoms with Crippen LogP contribution < -0.4 is 0 Å². The average molecular weight is 442 g/mol. The Morgan fingerprint density at radius 2 is 1.53 bits per heavy atom. The standard InChI is InChI=1S/C28H14N2O4/c1-2-18-25(21-7-4-8-22(30(33)34)26(21)29-27(18)28(31)32)20-14-12-17-10-9-15-5-3-6-16-11-13-19(20)24(17)23(15)16/h1,3-14H,(H,31,32). The molecule has 0 aliphatic carbocycles. The van der Waals surface area contributed by atoms with E-state index in [2.05, 4.69) is 29.1 Å². The second-order valence-corrected chi connectivity index (χ2v) is 8.06. The van der Waals surface area contributed by atoms with Crippen molar-refractivity contribution in [3.05, 3.63) is 94.2 Å². The third kappa shape index (κ3) is 2.58. The van der Waals surface area contributed by atoms with Gasteiger partial charge in [-0.25, -0.2) is 9.78 Å². The van der Waals surface area contributed by atoms with Crippen molar-refractivity contribution in [2.24, 2.45) is 0 Å². The van der Waals surface area contributed by atoms with Crippen LogP contribution in [-0.4, -0.2) is 21.0 Å². The minimum Gasteiger partial charge on any atom is -0.476 e. The predicted octanol–water partition coefficient (Wildman–Crippen LogP) is 6.39. The van der Waals surface area contributed by atoms with Crippen LogP contribution in [0.25, 0.3) is 54.3 Å². The molecule has 34 heavy (non-hydrogen) atoms. The molecule has 0 aliphatic rings. The summed E-state index contributed by atoms with van der Waals surface area (Å²) < 4.78 is 0. The van der Waals surface area contributed by atoms with Crippen LogP contribution in [-0.2, 0) is 0 Å². The zero-order chi connectivity index (χ0) is 23.6. The number of non-ortho nitro benzene ring substituents is 1. The van der Waals surface area contributed by atoms with Crippen molar-refractivity contribution < 1.29 is 14.8 Å². The van der Waals surface area contributed by atoms with Gasteiger partial charge in [0.05, 0.1) is 10.5 Å². The summed E-state index contributed by atoms with van der Waals surface area (Å²) in [6.07, 6.45) is 5.82. The molecule has 0 saturated heterocycles. The molecule has 0 atom stereocenters. The molecule has 0 radical (unpaired) electrons. The maximum atomic E-state index is 12.1. The fraction of sp³-hybridized carbons (Fsp3) is 0. The molecule has 6 heteroatoms. The molecule has 0 bridgehead atoms. The van der Waals surface area contributed by atoms with E-state index in [0.29, 0.717) is 16.5 Å². The van der Waals surface area contributed by atoms with Gasteiger partial charge in [0.1, 0.15) is 5.52 Å². The first kappa shape index (κ1) is 19.6. The number of carboxylic acid groups (broad SMARTS) is 1. The number of nitrogens with zero attached hydrogens (tertiary/aromatic N) is 2. The predicted molar refractivity (Wildman–Crippen MR) is 132 cm³/mol. The number of terminal acetylenes is 1. The molecule has 6 nitrogen and oxygen atoms in total. The molecule has 0 unspecified atom stereocenters. The van der Waals surface area contributed by atoms with Crippen LogP contribution in [0.15, 0.2) is 72.8 Å². The first-order valence-electron chi connectivity index (χ1n) is 10.5. The lowest BCUT2D eigenvalue weighted by Crippen LogP contribution is -2.07. The van der Waals surface area contributed by atoms with E-state index in [4.69, 9.17) is 6.42 Å². The van der Waals surface area contributed by atoms with E-state index in [0.717, 1.165) is 32.3 Å². The van der Waals surface area contributed by atoms with Crippen molar-refractivity contribution in [1.82, 2.24) is 4.98 Å². The maximum Gasteiger partial charge on any atom is 0.355 e. The lowest BCUT2D eigenvalue weighted by molar-refractivity contribution is -0.383. The Kier molecular flexibility index (Phi) is 4.04. The fourth-order valence-electron chi connectivity index (χ4n) is 4.95. The molecule has 6 aromatic rings. The molecular weight excluding hydrogens is 428 g/mol. The summed E-state index contributed by atoms with van der Waals surface area (Å²) in [4.78, 5) is 27.4. The lowest BCUT2D eigenvalue weighted by Gasteiger charge is -2.17. The Balaban J connectivity index is 1.86. The summed E-state index contributed by atoms with van der Waals surface area (Å²) in [7, 11) is 0. The first-order valence-corrected chi connectivity index (χ1v) is 10.5. The van der Waals surface area contributed by atoms with Crippen molar-refractivity contribution in [3.8, 4) is 23.5 Å². The van der Waals surface area contributed by atoms with Gasteiger partial charge in [-0.05, 0) is 37.9 Å². The molecule has 0 spiro atoms. The highest BCUT2D eigenvalue weighted by Crippen LogP contribution is 2.43. The molecule has 160 valence electrons. The Morgan fingerprint density at radius 1 is 0.882 bits per heavy atom. The highest BCUT2D eigenvalue weighted by atomic mass is 16.6. The topological polar surface area (TPSA) is 93.3 Å². The van der Waals surface area contributed by atoms with E-state index in [1.807, 2.05) is 36.4 Å². The van der Waals surface area contributed by atoms with Crippen LogP contribution in [0, 0.1) is 22.5 Å². The SMILES string of the molecule is C#Cc1c(C(=O)O)nc2c([N+](=O)[O-])cccc2c1-c1ccc2ccc3cccc4ccc1c2c34. The summed E-state index contributed by atoms with van der Waals surface area (Å²) in [5.41, 5.74) is 0.577. The molecule has 0 aliphatic heterocycles. The number of carboxylic acids is 1. The van der Waals surface area contributed by atoms with Crippen LogP contribution in [0.2, 0.25) is 0 Å². The Hall–Kier alpha value is -5.02. The van der Waals surface area contributed by atoms with E-state index in [-0.39, 0.29) is 22.5 Å². The second kappa shape index (κ2) is 6.99. The average Bonchev–Trinajstić information content (AvgIpc) is 2.85. The summed E-state index contributed by atoms with van der Waals surface area (Å²) in [6, 6.07) is 22.7. The van der Waals surface area contributed by atoms with Crippen molar-refractivity contribution in [2.45, 2.75) is 0 Å². The van der Waals surface area contributed by atoms with Gasteiger partial charge in [-0.2, -0.15) is 0 Å². The number of hydrogen-bond acceptors (Lipinski definition) is 4. The molecule has 1 aromatic heterocycles. The zero-order valence-electron chi connectivity index (χ0n) is 17.6. The third-order valence-electron chi connectivity index (χ3n) is 6.34. The highest BCUT2D eigenvalue weighted by Gasteiger charge is 2.25. The summed E-state index contributed by atoms with van der Waals surface area (Å²) in [5, 5.41) is 28.2. The van der Waals surface area contributed by atoms with Crippen LogP contribution in [0.3, 0.4) is 0 Å².